The molecule has 0 bridgehead atoms. The zero-order valence-electron chi connectivity index (χ0n) is 18.7. The molecule has 1 saturated heterocycles. The Hall–Kier alpha value is -3.03. The number of hydrogen-bond acceptors (Lipinski definition) is 8. The zero-order valence-corrected chi connectivity index (χ0v) is 20.3. The first-order chi connectivity index (χ1) is 17.0. The van der Waals surface area contributed by atoms with Gasteiger partial charge in [-0.3, -0.25) is 4.99 Å². The van der Waals surface area contributed by atoms with Gasteiger partial charge in [-0.25, -0.2) is 19.0 Å². The van der Waals surface area contributed by atoms with Crippen molar-refractivity contribution < 1.29 is 37.0 Å². The maximum absolute atomic E-state index is 13.7. The van der Waals surface area contributed by atoms with E-state index < -0.39 is 30.0 Å². The van der Waals surface area contributed by atoms with E-state index in [4.69, 9.17) is 31.2 Å². The Morgan fingerprint density at radius 2 is 1.92 bits per heavy atom. The monoisotopic (exact) mass is 548 g/mol. The van der Waals surface area contributed by atoms with Gasteiger partial charge in [0.1, 0.15) is 11.9 Å². The SMILES string of the molecule is COC(=O)C1=C(C2CCNCC2)NC(c2nccs2)=NC1c1ccc(F)cc1Cl.O=C(O)C(F)(F)F. The molecule has 2 aliphatic heterocycles. The van der Waals surface area contributed by atoms with Crippen LogP contribution < -0.4 is 10.6 Å². The number of piperidine rings is 1. The van der Waals surface area contributed by atoms with Gasteiger partial charge in [0.25, 0.3) is 0 Å². The smallest absolute Gasteiger partial charge is 0.475 e. The average molecular weight is 549 g/mol. The van der Waals surface area contributed by atoms with E-state index in [-0.39, 0.29) is 10.9 Å². The van der Waals surface area contributed by atoms with Gasteiger partial charge in [-0.2, -0.15) is 13.2 Å². The Kier molecular flexibility index (Phi) is 9.03. The molecule has 4 rings (SSSR count). The van der Waals surface area contributed by atoms with Crippen LogP contribution in [0.2, 0.25) is 5.02 Å². The van der Waals surface area contributed by atoms with Crippen molar-refractivity contribution in [1.82, 2.24) is 15.6 Å². The number of aromatic nitrogens is 1. The number of carboxylic acids is 1. The van der Waals surface area contributed by atoms with Crippen LogP contribution in [-0.4, -0.2) is 54.2 Å². The summed E-state index contributed by atoms with van der Waals surface area (Å²) in [6, 6.07) is 3.41. The Morgan fingerprint density at radius 1 is 1.25 bits per heavy atom. The quantitative estimate of drug-likeness (QED) is 0.390. The maximum Gasteiger partial charge on any atom is 0.490 e. The molecule has 0 radical (unpaired) electrons. The van der Waals surface area contributed by atoms with Crippen LogP contribution >= 0.6 is 22.9 Å². The summed E-state index contributed by atoms with van der Waals surface area (Å²) in [5, 5.41) is 16.6. The van der Waals surface area contributed by atoms with Crippen molar-refractivity contribution in [3.63, 3.8) is 0 Å². The average Bonchev–Trinajstić information content (AvgIpc) is 3.38. The molecule has 0 spiro atoms. The molecule has 2 aliphatic rings. The highest BCUT2D eigenvalue weighted by atomic mass is 35.5. The minimum absolute atomic E-state index is 0.137. The molecule has 3 N–H and O–H groups in total. The van der Waals surface area contributed by atoms with Crippen LogP contribution in [0.15, 0.2) is 46.0 Å². The molecule has 1 fully saturated rings. The van der Waals surface area contributed by atoms with Crippen LogP contribution in [0.4, 0.5) is 17.6 Å². The number of carbonyl (C=O) groups is 2. The van der Waals surface area contributed by atoms with Gasteiger partial charge in [0.2, 0.25) is 0 Å². The van der Waals surface area contributed by atoms with E-state index in [1.807, 2.05) is 5.38 Å². The zero-order chi connectivity index (χ0) is 26.5. The predicted octanol–water partition coefficient (Wildman–Crippen LogP) is 4.09. The highest BCUT2D eigenvalue weighted by Gasteiger charge is 2.38. The van der Waals surface area contributed by atoms with Gasteiger partial charge < -0.3 is 20.5 Å². The topological polar surface area (TPSA) is 113 Å². The van der Waals surface area contributed by atoms with Crippen LogP contribution in [0, 0.1) is 11.7 Å². The van der Waals surface area contributed by atoms with Crippen molar-refractivity contribution in [3.05, 3.63) is 62.5 Å². The minimum atomic E-state index is -5.08. The van der Waals surface area contributed by atoms with E-state index >= 15 is 0 Å². The number of benzene rings is 1. The van der Waals surface area contributed by atoms with Crippen molar-refractivity contribution in [3.8, 4) is 0 Å². The number of alkyl halides is 3. The number of methoxy groups -OCH3 is 1. The molecule has 36 heavy (non-hydrogen) atoms. The van der Waals surface area contributed by atoms with Crippen LogP contribution in [-0.2, 0) is 14.3 Å². The molecule has 14 heteroatoms. The van der Waals surface area contributed by atoms with Gasteiger partial charge in [0, 0.05) is 33.8 Å². The summed E-state index contributed by atoms with van der Waals surface area (Å²) in [5.74, 6) is -2.96. The number of aliphatic imine (C=N–C) groups is 1. The number of nitrogens with one attached hydrogen (secondary N) is 2. The van der Waals surface area contributed by atoms with Crippen LogP contribution in [0.3, 0.4) is 0 Å². The number of aliphatic carboxylic acids is 1. The summed E-state index contributed by atoms with van der Waals surface area (Å²) in [6.45, 7) is 1.71. The number of thiazole rings is 1. The summed E-state index contributed by atoms with van der Waals surface area (Å²) < 4.78 is 50.5. The second-order valence-corrected chi connectivity index (χ2v) is 8.96. The van der Waals surface area contributed by atoms with E-state index in [9.17, 15) is 22.4 Å². The lowest BCUT2D eigenvalue weighted by Gasteiger charge is -2.33. The fourth-order valence-corrected chi connectivity index (χ4v) is 4.59. The summed E-state index contributed by atoms with van der Waals surface area (Å²) in [5.41, 5.74) is 1.74. The number of carbonyl (C=O) groups excluding carboxylic acids is 1. The van der Waals surface area contributed by atoms with Gasteiger partial charge in [-0.05, 0) is 38.1 Å². The normalized spacial score (nSPS) is 18.5. The van der Waals surface area contributed by atoms with Gasteiger partial charge in [-0.1, -0.05) is 17.7 Å². The number of nitrogens with zero attached hydrogens (tertiary/aromatic N) is 2. The van der Waals surface area contributed by atoms with Crippen molar-refractivity contribution in [1.29, 1.82) is 0 Å². The fourth-order valence-electron chi connectivity index (χ4n) is 3.73. The van der Waals surface area contributed by atoms with Crippen LogP contribution in [0.25, 0.3) is 0 Å². The summed E-state index contributed by atoms with van der Waals surface area (Å²) in [7, 11) is 1.35. The molecule has 3 heterocycles. The molecule has 8 nitrogen and oxygen atoms in total. The number of esters is 1. The highest BCUT2D eigenvalue weighted by molar-refractivity contribution is 7.11. The number of halogens is 5. The second kappa shape index (κ2) is 11.8. The maximum atomic E-state index is 13.7. The molecular weight excluding hydrogens is 528 g/mol. The third-order valence-electron chi connectivity index (χ3n) is 5.36. The summed E-state index contributed by atoms with van der Waals surface area (Å²) >= 11 is 7.80. The Bertz CT molecular complexity index is 1170. The van der Waals surface area contributed by atoms with E-state index in [0.29, 0.717) is 22.0 Å². The molecule has 1 aromatic heterocycles. The first kappa shape index (κ1) is 27.6. The third kappa shape index (κ3) is 6.59. The summed E-state index contributed by atoms with van der Waals surface area (Å²) in [4.78, 5) is 30.8. The summed E-state index contributed by atoms with van der Waals surface area (Å²) in [6.07, 6.45) is -1.64. The van der Waals surface area contributed by atoms with Crippen LogP contribution in [0.1, 0.15) is 29.5 Å². The number of hydrogen-bond donors (Lipinski definition) is 3. The molecule has 1 atom stereocenters. The Balaban J connectivity index is 0.000000454. The number of allylic oxidation sites excluding steroid dienone is 1. The number of rotatable bonds is 4. The fraction of sp³-hybridized carbons (Fsp3) is 0.364. The first-order valence-electron chi connectivity index (χ1n) is 10.6. The highest BCUT2D eigenvalue weighted by Crippen LogP contribution is 2.39. The molecule has 2 aromatic rings. The standard InChI is InChI=1S/C20H20ClFN4O2S.C2HF3O2/c1-28-20(27)15-16(11-4-6-23-7-5-11)25-18(19-24-8-9-29-19)26-17(15)13-3-2-12(22)10-14(13)21;3-2(4,5)1(6)7/h2-3,8-11,17,23H,4-7H2,1H3,(H,25,26);(H,6,7). The van der Waals surface area contributed by atoms with E-state index in [1.165, 1.54) is 30.6 Å². The van der Waals surface area contributed by atoms with E-state index in [2.05, 4.69) is 15.6 Å². The number of ether oxygens (including phenoxy) is 1. The Morgan fingerprint density at radius 3 is 2.44 bits per heavy atom. The van der Waals surface area contributed by atoms with Gasteiger partial charge in [0.05, 0.1) is 12.7 Å². The molecule has 194 valence electrons. The Labute approximate surface area is 212 Å². The largest absolute Gasteiger partial charge is 0.490 e. The third-order valence-corrected chi connectivity index (χ3v) is 6.47. The molecule has 1 unspecified atom stereocenters. The van der Waals surface area contributed by atoms with Gasteiger partial charge in [-0.15, -0.1) is 11.3 Å². The first-order valence-corrected chi connectivity index (χ1v) is 11.8. The van der Waals surface area contributed by atoms with E-state index in [1.54, 1.807) is 12.3 Å². The van der Waals surface area contributed by atoms with Crippen molar-refractivity contribution in [2.24, 2.45) is 10.9 Å². The van der Waals surface area contributed by atoms with Crippen LogP contribution in [0.5, 0.6) is 0 Å². The molecule has 0 amide bonds. The molecular formula is C22H21ClF4N4O4S. The van der Waals surface area contributed by atoms with Crippen molar-refractivity contribution in [2.45, 2.75) is 25.1 Å². The second-order valence-electron chi connectivity index (χ2n) is 7.65. The van der Waals surface area contributed by atoms with Gasteiger partial charge >= 0.3 is 18.1 Å². The number of carboxylic acid groups (broad SMARTS) is 1. The minimum Gasteiger partial charge on any atom is -0.475 e. The predicted molar refractivity (Wildman–Crippen MR) is 124 cm³/mol. The van der Waals surface area contributed by atoms with Gasteiger partial charge in [0.15, 0.2) is 10.8 Å². The molecule has 0 saturated carbocycles. The van der Waals surface area contributed by atoms with Crippen molar-refractivity contribution in [2.75, 3.05) is 20.2 Å². The lowest BCUT2D eigenvalue weighted by Crippen LogP contribution is -2.40. The molecule has 0 aliphatic carbocycles. The molecule has 1 aromatic carbocycles. The van der Waals surface area contributed by atoms with Crippen molar-refractivity contribution >= 4 is 40.7 Å². The van der Waals surface area contributed by atoms with E-state index in [0.717, 1.165) is 31.6 Å². The lowest BCUT2D eigenvalue weighted by molar-refractivity contribution is -0.192. The number of amidine groups is 1. The lowest BCUT2D eigenvalue weighted by atomic mass is 9.86.